The lowest BCUT2D eigenvalue weighted by molar-refractivity contribution is 0.627. The first-order valence-electron chi connectivity index (χ1n) is 8.81. The maximum Gasteiger partial charge on any atom is 0.123 e. The first-order valence-corrected chi connectivity index (χ1v) is 8.81. The van der Waals surface area contributed by atoms with E-state index in [9.17, 15) is 4.39 Å². The first-order chi connectivity index (χ1) is 12.6. The highest BCUT2D eigenvalue weighted by molar-refractivity contribution is 6.16. The molecule has 0 aromatic heterocycles. The van der Waals surface area contributed by atoms with Crippen molar-refractivity contribution in [1.29, 1.82) is 0 Å². The number of rotatable bonds is 3. The van der Waals surface area contributed by atoms with E-state index in [0.717, 1.165) is 29.0 Å². The Kier molecular flexibility index (Phi) is 4.26. The van der Waals surface area contributed by atoms with Crippen LogP contribution in [0.1, 0.15) is 34.2 Å². The van der Waals surface area contributed by atoms with E-state index in [1.165, 1.54) is 34.4 Å². The average Bonchev–Trinajstić information content (AvgIpc) is 3.09. The molecule has 0 saturated carbocycles. The van der Waals surface area contributed by atoms with E-state index in [0.29, 0.717) is 0 Å². The zero-order chi connectivity index (χ0) is 18.1. The highest BCUT2D eigenvalue weighted by atomic mass is 19.1. The summed E-state index contributed by atoms with van der Waals surface area (Å²) < 4.78 is 13.4. The number of benzene rings is 3. The Labute approximate surface area is 153 Å². The molecule has 0 spiro atoms. The molecular weight excluding hydrogens is 321 g/mol. The van der Waals surface area contributed by atoms with Crippen molar-refractivity contribution in [3.8, 4) is 0 Å². The van der Waals surface area contributed by atoms with E-state index in [4.69, 9.17) is 4.99 Å². The summed E-state index contributed by atoms with van der Waals surface area (Å²) in [4.78, 5) is 4.94. The Hall–Kier alpha value is -3.00. The molecule has 1 aliphatic heterocycles. The number of aliphatic imine (C=N–C) groups is 1. The topological polar surface area (TPSA) is 12.4 Å². The second kappa shape index (κ2) is 6.72. The van der Waals surface area contributed by atoms with Gasteiger partial charge in [0.15, 0.2) is 0 Å². The minimum absolute atomic E-state index is 0.230. The van der Waals surface area contributed by atoms with E-state index in [1.807, 2.05) is 0 Å². The van der Waals surface area contributed by atoms with Gasteiger partial charge >= 0.3 is 0 Å². The Bertz CT molecular complexity index is 992. The highest BCUT2D eigenvalue weighted by Gasteiger charge is 2.21. The predicted octanol–water partition coefficient (Wildman–Crippen LogP) is 6.20. The summed E-state index contributed by atoms with van der Waals surface area (Å²) >= 11 is 0. The van der Waals surface area contributed by atoms with Crippen molar-refractivity contribution in [2.75, 3.05) is 0 Å². The van der Waals surface area contributed by atoms with Gasteiger partial charge in [0.05, 0.1) is 11.4 Å². The fourth-order valence-corrected chi connectivity index (χ4v) is 3.25. The van der Waals surface area contributed by atoms with Gasteiger partial charge in [-0.2, -0.15) is 0 Å². The summed E-state index contributed by atoms with van der Waals surface area (Å²) in [7, 11) is 0. The number of hydrogen-bond donors (Lipinski definition) is 0. The quantitative estimate of drug-likeness (QED) is 0.537. The average molecular weight is 341 g/mol. The molecule has 0 bridgehead atoms. The summed E-state index contributed by atoms with van der Waals surface area (Å²) in [5.74, 6) is -0.230. The van der Waals surface area contributed by atoms with Gasteiger partial charge in [-0.15, -0.1) is 0 Å². The number of halogens is 1. The molecule has 1 heterocycles. The van der Waals surface area contributed by atoms with Crippen molar-refractivity contribution in [3.05, 3.63) is 106 Å². The van der Waals surface area contributed by atoms with Crippen LogP contribution in [0.4, 0.5) is 4.39 Å². The maximum absolute atomic E-state index is 13.4. The number of allylic oxidation sites excluding steroid dienone is 1. The third-order valence-electron chi connectivity index (χ3n) is 4.78. The molecule has 0 saturated heterocycles. The zero-order valence-electron chi connectivity index (χ0n) is 15.0. The fourth-order valence-electron chi connectivity index (χ4n) is 3.25. The molecule has 0 amide bonds. The molecule has 26 heavy (non-hydrogen) atoms. The Morgan fingerprint density at radius 2 is 1.15 bits per heavy atom. The van der Waals surface area contributed by atoms with E-state index in [2.05, 4.69) is 62.4 Å². The van der Waals surface area contributed by atoms with Crippen molar-refractivity contribution < 1.29 is 4.39 Å². The van der Waals surface area contributed by atoms with Gasteiger partial charge in [-0.25, -0.2) is 4.39 Å². The van der Waals surface area contributed by atoms with Crippen LogP contribution in [0.2, 0.25) is 0 Å². The Morgan fingerprint density at radius 3 is 1.73 bits per heavy atom. The maximum atomic E-state index is 13.4. The van der Waals surface area contributed by atoms with Crippen molar-refractivity contribution in [1.82, 2.24) is 0 Å². The standard InChI is InChI=1S/C24H20FN/c1-16-3-7-18(8-4-16)22-15-23(19-9-5-17(2)6-10-19)26-24(22)20-11-13-21(25)14-12-20/h3-14H,15H2,1-2H3. The van der Waals surface area contributed by atoms with Crippen molar-refractivity contribution in [2.45, 2.75) is 20.3 Å². The van der Waals surface area contributed by atoms with Crippen LogP contribution in [0.25, 0.3) is 11.3 Å². The SMILES string of the molecule is Cc1ccc(C2=NC(c3ccc(F)cc3)=C(c3ccc(C)cc3)C2)cc1. The smallest absolute Gasteiger partial charge is 0.123 e. The molecule has 0 fully saturated rings. The highest BCUT2D eigenvalue weighted by Crippen LogP contribution is 2.37. The summed E-state index contributed by atoms with van der Waals surface area (Å²) in [5, 5.41) is 0. The molecule has 0 radical (unpaired) electrons. The van der Waals surface area contributed by atoms with Crippen LogP contribution in [0, 0.1) is 19.7 Å². The number of aryl methyl sites for hydroxylation is 2. The van der Waals surface area contributed by atoms with Crippen LogP contribution < -0.4 is 0 Å². The normalized spacial score (nSPS) is 13.9. The fraction of sp³-hybridized carbons (Fsp3) is 0.125. The molecule has 1 aliphatic rings. The summed E-state index contributed by atoms with van der Waals surface area (Å²) in [5.41, 5.74) is 8.90. The van der Waals surface area contributed by atoms with E-state index in [1.54, 1.807) is 12.1 Å². The molecular formula is C24H20FN. The second-order valence-electron chi connectivity index (χ2n) is 6.80. The molecule has 3 aromatic carbocycles. The minimum Gasteiger partial charge on any atom is -0.252 e. The van der Waals surface area contributed by atoms with Gasteiger partial charge in [-0.1, -0.05) is 59.7 Å². The van der Waals surface area contributed by atoms with E-state index >= 15 is 0 Å². The van der Waals surface area contributed by atoms with Gasteiger partial charge in [0.25, 0.3) is 0 Å². The molecule has 4 rings (SSSR count). The van der Waals surface area contributed by atoms with E-state index in [-0.39, 0.29) is 5.82 Å². The van der Waals surface area contributed by atoms with Crippen LogP contribution in [0.15, 0.2) is 77.8 Å². The van der Waals surface area contributed by atoms with Gasteiger partial charge in [-0.05, 0) is 54.8 Å². The predicted molar refractivity (Wildman–Crippen MR) is 107 cm³/mol. The van der Waals surface area contributed by atoms with Crippen LogP contribution >= 0.6 is 0 Å². The molecule has 3 aromatic rings. The van der Waals surface area contributed by atoms with Crippen LogP contribution in [-0.4, -0.2) is 5.71 Å². The Balaban J connectivity index is 1.80. The van der Waals surface area contributed by atoms with Gasteiger partial charge in [-0.3, -0.25) is 4.99 Å². The summed E-state index contributed by atoms with van der Waals surface area (Å²) in [6, 6.07) is 23.6. The monoisotopic (exact) mass is 341 g/mol. The lowest BCUT2D eigenvalue weighted by Crippen LogP contribution is -1.98. The second-order valence-corrected chi connectivity index (χ2v) is 6.80. The molecule has 0 aliphatic carbocycles. The first kappa shape index (κ1) is 16.5. The van der Waals surface area contributed by atoms with E-state index < -0.39 is 0 Å². The molecule has 0 atom stereocenters. The molecule has 0 unspecified atom stereocenters. The minimum atomic E-state index is -0.230. The molecule has 0 N–H and O–H groups in total. The molecule has 2 heteroatoms. The molecule has 128 valence electrons. The lowest BCUT2D eigenvalue weighted by atomic mass is 9.95. The van der Waals surface area contributed by atoms with Gasteiger partial charge in [0, 0.05) is 12.0 Å². The lowest BCUT2D eigenvalue weighted by Gasteiger charge is -2.07. The van der Waals surface area contributed by atoms with Gasteiger partial charge in [0.2, 0.25) is 0 Å². The van der Waals surface area contributed by atoms with Crippen molar-refractivity contribution in [3.63, 3.8) is 0 Å². The van der Waals surface area contributed by atoms with Crippen LogP contribution in [-0.2, 0) is 0 Å². The third kappa shape index (κ3) is 3.23. The zero-order valence-corrected chi connectivity index (χ0v) is 15.0. The number of nitrogens with zero attached hydrogens (tertiary/aromatic N) is 1. The van der Waals surface area contributed by atoms with Crippen LogP contribution in [0.3, 0.4) is 0 Å². The molecule has 1 nitrogen and oxygen atoms in total. The summed E-state index contributed by atoms with van der Waals surface area (Å²) in [6.45, 7) is 4.17. The summed E-state index contributed by atoms with van der Waals surface area (Å²) in [6.07, 6.45) is 0.777. The van der Waals surface area contributed by atoms with Crippen molar-refractivity contribution >= 4 is 17.0 Å². The van der Waals surface area contributed by atoms with Crippen molar-refractivity contribution in [2.24, 2.45) is 4.99 Å². The van der Waals surface area contributed by atoms with Gasteiger partial charge < -0.3 is 0 Å². The third-order valence-corrected chi connectivity index (χ3v) is 4.78. The largest absolute Gasteiger partial charge is 0.252 e. The number of hydrogen-bond acceptors (Lipinski definition) is 1. The van der Waals surface area contributed by atoms with Crippen LogP contribution in [0.5, 0.6) is 0 Å². The van der Waals surface area contributed by atoms with Gasteiger partial charge in [0.1, 0.15) is 5.82 Å². The Morgan fingerprint density at radius 1 is 0.654 bits per heavy atom.